The van der Waals surface area contributed by atoms with Crippen molar-refractivity contribution >= 4 is 11.9 Å². The van der Waals surface area contributed by atoms with E-state index in [9.17, 15) is 9.59 Å². The van der Waals surface area contributed by atoms with Crippen LogP contribution in [0.1, 0.15) is 12.0 Å². The van der Waals surface area contributed by atoms with E-state index < -0.39 is 18.6 Å². The number of methoxy groups -OCH3 is 1. The highest BCUT2D eigenvalue weighted by atomic mass is 16.7. The number of aliphatic hydroxyl groups is 1. The minimum Gasteiger partial charge on any atom is -0.467 e. The van der Waals surface area contributed by atoms with Gasteiger partial charge in [0.1, 0.15) is 0 Å². The molecule has 1 heterocycles. The minimum atomic E-state index is -1.03. The Bertz CT molecular complexity index is 530. The molecule has 0 bridgehead atoms. The third-order valence-electron chi connectivity index (χ3n) is 3.08. The number of amides is 1. The fourth-order valence-corrected chi connectivity index (χ4v) is 1.94. The molecule has 0 aromatic heterocycles. The van der Waals surface area contributed by atoms with Crippen LogP contribution in [0.5, 0.6) is 11.5 Å². The normalized spacial score (nSPS) is 13.6. The van der Waals surface area contributed by atoms with Crippen LogP contribution in [0.15, 0.2) is 18.2 Å². The van der Waals surface area contributed by atoms with E-state index >= 15 is 0 Å². The van der Waals surface area contributed by atoms with E-state index in [0.29, 0.717) is 17.9 Å². The number of ether oxygens (including phenoxy) is 3. The van der Waals surface area contributed by atoms with Crippen LogP contribution in [-0.2, 0) is 20.7 Å². The Labute approximate surface area is 121 Å². The van der Waals surface area contributed by atoms with Gasteiger partial charge < -0.3 is 24.6 Å². The number of aliphatic hydroxyl groups excluding tert-OH is 1. The van der Waals surface area contributed by atoms with Gasteiger partial charge in [-0.05, 0) is 24.1 Å². The van der Waals surface area contributed by atoms with Gasteiger partial charge in [0, 0.05) is 6.42 Å². The van der Waals surface area contributed by atoms with Gasteiger partial charge in [0.15, 0.2) is 17.5 Å². The Morgan fingerprint density at radius 2 is 2.14 bits per heavy atom. The quantitative estimate of drug-likeness (QED) is 0.717. The molecule has 1 atom stereocenters. The molecule has 2 N–H and O–H groups in total. The van der Waals surface area contributed by atoms with Crippen LogP contribution in [0.3, 0.4) is 0 Å². The maximum Gasteiger partial charge on any atom is 0.330 e. The van der Waals surface area contributed by atoms with Crippen LogP contribution in [0.2, 0.25) is 0 Å². The van der Waals surface area contributed by atoms with Crippen molar-refractivity contribution in [2.45, 2.75) is 18.9 Å². The monoisotopic (exact) mass is 295 g/mol. The zero-order valence-corrected chi connectivity index (χ0v) is 11.6. The highest BCUT2D eigenvalue weighted by Gasteiger charge is 2.20. The molecular formula is C14H17NO6. The van der Waals surface area contributed by atoms with E-state index in [1.807, 2.05) is 12.1 Å². The second kappa shape index (κ2) is 6.94. The standard InChI is InChI=1S/C14H17NO6/c1-19-14(18)10(7-16)15-13(17)5-3-9-2-4-11-12(6-9)21-8-20-11/h2,4,6,10,16H,3,5,7-8H2,1H3,(H,15,17). The van der Waals surface area contributed by atoms with E-state index in [1.54, 1.807) is 6.07 Å². The molecule has 7 nitrogen and oxygen atoms in total. The summed E-state index contributed by atoms with van der Waals surface area (Å²) in [5.41, 5.74) is 0.924. The second-order valence-corrected chi connectivity index (χ2v) is 4.51. The molecule has 0 fully saturated rings. The Morgan fingerprint density at radius 3 is 2.86 bits per heavy atom. The molecule has 0 spiro atoms. The molecular weight excluding hydrogens is 278 g/mol. The summed E-state index contributed by atoms with van der Waals surface area (Å²) in [5, 5.41) is 11.4. The number of rotatable bonds is 6. The number of carbonyl (C=O) groups excluding carboxylic acids is 2. The number of hydrogen-bond donors (Lipinski definition) is 2. The lowest BCUT2D eigenvalue weighted by atomic mass is 10.1. The third-order valence-corrected chi connectivity index (χ3v) is 3.08. The number of fused-ring (bicyclic) bond motifs is 1. The molecule has 1 amide bonds. The molecule has 114 valence electrons. The van der Waals surface area contributed by atoms with Gasteiger partial charge in [-0.2, -0.15) is 0 Å². The van der Waals surface area contributed by atoms with Gasteiger partial charge >= 0.3 is 5.97 Å². The lowest BCUT2D eigenvalue weighted by molar-refractivity contribution is -0.146. The number of esters is 1. The number of hydrogen-bond acceptors (Lipinski definition) is 6. The van der Waals surface area contributed by atoms with E-state index in [0.717, 1.165) is 5.56 Å². The molecule has 1 aliphatic heterocycles. The SMILES string of the molecule is COC(=O)C(CO)NC(=O)CCc1ccc2c(c1)OCO2. The molecule has 0 radical (unpaired) electrons. The first kappa shape index (κ1) is 15.1. The number of benzene rings is 1. The Hall–Kier alpha value is -2.28. The molecule has 2 rings (SSSR count). The zero-order valence-electron chi connectivity index (χ0n) is 11.6. The molecule has 0 saturated heterocycles. The molecule has 0 saturated carbocycles. The van der Waals surface area contributed by atoms with Crippen molar-refractivity contribution < 1.29 is 28.9 Å². The molecule has 1 aromatic carbocycles. The molecule has 21 heavy (non-hydrogen) atoms. The fourth-order valence-electron chi connectivity index (χ4n) is 1.94. The Morgan fingerprint density at radius 1 is 1.38 bits per heavy atom. The number of carbonyl (C=O) groups is 2. The molecule has 0 aliphatic carbocycles. The van der Waals surface area contributed by atoms with Gasteiger partial charge in [0.05, 0.1) is 13.7 Å². The summed E-state index contributed by atoms with van der Waals surface area (Å²) >= 11 is 0. The van der Waals surface area contributed by atoms with Gasteiger partial charge in [-0.3, -0.25) is 4.79 Å². The van der Waals surface area contributed by atoms with Crippen LogP contribution in [0.25, 0.3) is 0 Å². The zero-order chi connectivity index (χ0) is 15.2. The smallest absolute Gasteiger partial charge is 0.330 e. The minimum absolute atomic E-state index is 0.188. The van der Waals surface area contributed by atoms with Crippen molar-refractivity contribution in [3.05, 3.63) is 23.8 Å². The maximum atomic E-state index is 11.8. The summed E-state index contributed by atoms with van der Waals surface area (Å²) in [4.78, 5) is 23.0. The molecule has 1 aliphatic rings. The van der Waals surface area contributed by atoms with Crippen LogP contribution in [0.4, 0.5) is 0 Å². The van der Waals surface area contributed by atoms with E-state index in [-0.39, 0.29) is 19.1 Å². The van der Waals surface area contributed by atoms with Crippen molar-refractivity contribution in [2.24, 2.45) is 0 Å². The summed E-state index contributed by atoms with van der Waals surface area (Å²) in [6.45, 7) is -0.293. The van der Waals surface area contributed by atoms with Crippen molar-refractivity contribution in [1.29, 1.82) is 0 Å². The Kier molecular flexibility index (Phi) is 4.99. The lowest BCUT2D eigenvalue weighted by Crippen LogP contribution is -2.44. The van der Waals surface area contributed by atoms with Crippen molar-refractivity contribution in [2.75, 3.05) is 20.5 Å². The van der Waals surface area contributed by atoms with Crippen molar-refractivity contribution in [1.82, 2.24) is 5.32 Å². The summed E-state index contributed by atoms with van der Waals surface area (Å²) in [6, 6.07) is 4.43. The van der Waals surface area contributed by atoms with Gasteiger partial charge in [0.2, 0.25) is 12.7 Å². The summed E-state index contributed by atoms with van der Waals surface area (Å²) in [6.07, 6.45) is 0.676. The average molecular weight is 295 g/mol. The van der Waals surface area contributed by atoms with Gasteiger partial charge in [0.25, 0.3) is 0 Å². The maximum absolute atomic E-state index is 11.8. The summed E-state index contributed by atoms with van der Waals surface area (Å²) < 4.78 is 14.9. The van der Waals surface area contributed by atoms with Crippen LogP contribution in [0, 0.1) is 0 Å². The largest absolute Gasteiger partial charge is 0.467 e. The average Bonchev–Trinajstić information content (AvgIpc) is 2.97. The van der Waals surface area contributed by atoms with Crippen LogP contribution >= 0.6 is 0 Å². The van der Waals surface area contributed by atoms with Crippen molar-refractivity contribution in [3.8, 4) is 11.5 Å². The highest BCUT2D eigenvalue weighted by Crippen LogP contribution is 2.32. The van der Waals surface area contributed by atoms with Crippen molar-refractivity contribution in [3.63, 3.8) is 0 Å². The lowest BCUT2D eigenvalue weighted by Gasteiger charge is -2.13. The number of aryl methyl sites for hydroxylation is 1. The topological polar surface area (TPSA) is 94.1 Å². The molecule has 1 aromatic rings. The van der Waals surface area contributed by atoms with Gasteiger partial charge in [-0.1, -0.05) is 6.07 Å². The fraction of sp³-hybridized carbons (Fsp3) is 0.429. The second-order valence-electron chi connectivity index (χ2n) is 4.51. The van der Waals surface area contributed by atoms with Gasteiger partial charge in [-0.15, -0.1) is 0 Å². The van der Waals surface area contributed by atoms with E-state index in [1.165, 1.54) is 7.11 Å². The third kappa shape index (κ3) is 3.85. The van der Waals surface area contributed by atoms with E-state index in [2.05, 4.69) is 10.1 Å². The summed E-state index contributed by atoms with van der Waals surface area (Å²) in [7, 11) is 1.20. The Balaban J connectivity index is 1.85. The first-order valence-corrected chi connectivity index (χ1v) is 6.50. The summed E-state index contributed by atoms with van der Waals surface area (Å²) in [5.74, 6) is 0.344. The van der Waals surface area contributed by atoms with Crippen LogP contribution < -0.4 is 14.8 Å². The van der Waals surface area contributed by atoms with Crippen LogP contribution in [-0.4, -0.2) is 43.5 Å². The molecule has 7 heteroatoms. The predicted molar refractivity (Wildman–Crippen MR) is 71.9 cm³/mol. The first-order chi connectivity index (χ1) is 10.1. The predicted octanol–water partition coefficient (Wildman–Crippen LogP) is -0.00200. The highest BCUT2D eigenvalue weighted by molar-refractivity contribution is 5.84. The number of nitrogens with one attached hydrogen (secondary N) is 1. The van der Waals surface area contributed by atoms with Gasteiger partial charge in [-0.25, -0.2) is 4.79 Å². The molecule has 1 unspecified atom stereocenters. The van der Waals surface area contributed by atoms with E-state index in [4.69, 9.17) is 14.6 Å². The first-order valence-electron chi connectivity index (χ1n) is 6.50.